The smallest absolute Gasteiger partial charge is 0.309 e. The average molecular weight is 188 g/mol. The Morgan fingerprint density at radius 1 is 1.58 bits per heavy atom. The normalized spacial score (nSPS) is 10.2. The van der Waals surface area contributed by atoms with E-state index in [4.69, 9.17) is 16.7 Å². The van der Waals surface area contributed by atoms with Gasteiger partial charge in [0.05, 0.1) is 11.4 Å². The van der Waals surface area contributed by atoms with Crippen LogP contribution in [0.4, 0.5) is 0 Å². The Bertz CT molecular complexity index is 317. The second-order valence-electron chi connectivity index (χ2n) is 2.74. The number of aromatic nitrogens is 1. The number of carbonyl (C=O) groups is 1. The number of hydrogen-bond acceptors (Lipinski definition) is 1. The van der Waals surface area contributed by atoms with Crippen LogP contribution in [-0.4, -0.2) is 16.1 Å². The van der Waals surface area contributed by atoms with Gasteiger partial charge in [-0.25, -0.2) is 0 Å². The molecule has 3 nitrogen and oxygen atoms in total. The van der Waals surface area contributed by atoms with Crippen LogP contribution in [0.5, 0.6) is 0 Å². The van der Waals surface area contributed by atoms with E-state index in [0.29, 0.717) is 10.7 Å². The molecule has 0 aliphatic rings. The number of carboxylic acid groups (broad SMARTS) is 1. The molecule has 12 heavy (non-hydrogen) atoms. The predicted octanol–water partition coefficient (Wildman–Crippen LogP) is 1.91. The van der Waals surface area contributed by atoms with E-state index in [0.717, 1.165) is 11.3 Å². The molecule has 0 fully saturated rings. The number of aryl methyl sites for hydroxylation is 1. The summed E-state index contributed by atoms with van der Waals surface area (Å²) in [7, 11) is 0. The summed E-state index contributed by atoms with van der Waals surface area (Å²) in [6.07, 6.45) is -0.000602. The molecule has 0 aliphatic heterocycles. The summed E-state index contributed by atoms with van der Waals surface area (Å²) < 4.78 is 0. The maximum Gasteiger partial charge on any atom is 0.309 e. The van der Waals surface area contributed by atoms with Crippen molar-refractivity contribution in [3.8, 4) is 0 Å². The van der Waals surface area contributed by atoms with E-state index < -0.39 is 5.97 Å². The van der Waals surface area contributed by atoms with Gasteiger partial charge >= 0.3 is 5.97 Å². The van der Waals surface area contributed by atoms with Crippen LogP contribution in [0, 0.1) is 13.8 Å². The lowest BCUT2D eigenvalue weighted by Crippen LogP contribution is -2.01. The van der Waals surface area contributed by atoms with Gasteiger partial charge in [-0.05, 0) is 19.4 Å². The third-order valence-corrected chi connectivity index (χ3v) is 2.34. The number of nitrogens with one attached hydrogen (secondary N) is 1. The van der Waals surface area contributed by atoms with Crippen molar-refractivity contribution in [3.05, 3.63) is 22.0 Å². The average Bonchev–Trinajstić information content (AvgIpc) is 2.17. The van der Waals surface area contributed by atoms with Crippen molar-refractivity contribution in [1.29, 1.82) is 0 Å². The Labute approximate surface area is 75.4 Å². The zero-order chi connectivity index (χ0) is 9.30. The number of hydrogen-bond donors (Lipinski definition) is 2. The van der Waals surface area contributed by atoms with Crippen molar-refractivity contribution in [2.75, 3.05) is 0 Å². The molecular weight excluding hydrogens is 178 g/mol. The fourth-order valence-corrected chi connectivity index (χ4v) is 1.28. The summed E-state index contributed by atoms with van der Waals surface area (Å²) in [6, 6.07) is 0. The number of aliphatic carboxylic acids is 1. The van der Waals surface area contributed by atoms with Gasteiger partial charge in [-0.15, -0.1) is 0 Å². The Balaban J connectivity index is 3.01. The first kappa shape index (κ1) is 9.13. The molecule has 0 saturated carbocycles. The molecule has 66 valence electrons. The molecule has 1 aromatic rings. The fourth-order valence-electron chi connectivity index (χ4n) is 1.12. The number of aromatic amines is 1. The molecule has 0 saturated heterocycles. The SMILES string of the molecule is Cc1[nH]c(CC(=O)O)c(C)c1Cl. The van der Waals surface area contributed by atoms with Gasteiger partial charge in [-0.1, -0.05) is 11.6 Å². The minimum Gasteiger partial charge on any atom is -0.481 e. The summed E-state index contributed by atoms with van der Waals surface area (Å²) >= 11 is 5.86. The van der Waals surface area contributed by atoms with Crippen molar-refractivity contribution < 1.29 is 9.90 Å². The minimum atomic E-state index is -0.851. The summed E-state index contributed by atoms with van der Waals surface area (Å²) in [4.78, 5) is 13.3. The Morgan fingerprint density at radius 2 is 2.17 bits per heavy atom. The van der Waals surface area contributed by atoms with Crippen LogP contribution in [0.3, 0.4) is 0 Å². The van der Waals surface area contributed by atoms with E-state index in [-0.39, 0.29) is 6.42 Å². The molecular formula is C8H10ClNO2. The lowest BCUT2D eigenvalue weighted by atomic mass is 10.2. The van der Waals surface area contributed by atoms with Gasteiger partial charge in [0.2, 0.25) is 0 Å². The van der Waals surface area contributed by atoms with Gasteiger partial charge in [-0.3, -0.25) is 4.79 Å². The molecule has 0 unspecified atom stereocenters. The molecule has 2 N–H and O–H groups in total. The first-order valence-corrected chi connectivity index (χ1v) is 3.95. The second kappa shape index (κ2) is 3.19. The number of H-pyrrole nitrogens is 1. The van der Waals surface area contributed by atoms with E-state index in [1.807, 2.05) is 13.8 Å². The quantitative estimate of drug-likeness (QED) is 0.743. The molecule has 0 atom stereocenters. The lowest BCUT2D eigenvalue weighted by molar-refractivity contribution is -0.136. The standard InChI is InChI=1S/C8H10ClNO2/c1-4-6(3-7(11)12)10-5(2)8(4)9/h10H,3H2,1-2H3,(H,11,12). The van der Waals surface area contributed by atoms with Crippen molar-refractivity contribution in [2.24, 2.45) is 0 Å². The largest absolute Gasteiger partial charge is 0.481 e. The molecule has 0 radical (unpaired) electrons. The summed E-state index contributed by atoms with van der Waals surface area (Å²) in [5, 5.41) is 9.16. The maximum absolute atomic E-state index is 10.4. The number of rotatable bonds is 2. The van der Waals surface area contributed by atoms with Crippen LogP contribution in [0.15, 0.2) is 0 Å². The van der Waals surface area contributed by atoms with E-state index >= 15 is 0 Å². The van der Waals surface area contributed by atoms with Crippen LogP contribution < -0.4 is 0 Å². The molecule has 0 amide bonds. The third-order valence-electron chi connectivity index (χ3n) is 1.78. The van der Waals surface area contributed by atoms with Gasteiger partial charge < -0.3 is 10.1 Å². The Kier molecular flexibility index (Phi) is 2.43. The minimum absolute atomic E-state index is 0.000602. The second-order valence-corrected chi connectivity index (χ2v) is 3.12. The molecule has 0 spiro atoms. The van der Waals surface area contributed by atoms with Gasteiger partial charge in [-0.2, -0.15) is 0 Å². The highest BCUT2D eigenvalue weighted by molar-refractivity contribution is 6.32. The predicted molar refractivity (Wildman–Crippen MR) is 46.6 cm³/mol. The van der Waals surface area contributed by atoms with E-state index in [2.05, 4.69) is 4.98 Å². The molecule has 0 bridgehead atoms. The topological polar surface area (TPSA) is 53.1 Å². The molecule has 4 heteroatoms. The molecule has 1 rings (SSSR count). The summed E-state index contributed by atoms with van der Waals surface area (Å²) in [5.74, 6) is -0.851. The molecule has 1 heterocycles. The zero-order valence-electron chi connectivity index (χ0n) is 6.94. The fraction of sp³-hybridized carbons (Fsp3) is 0.375. The van der Waals surface area contributed by atoms with Crippen LogP contribution in [0.1, 0.15) is 17.0 Å². The van der Waals surface area contributed by atoms with Gasteiger partial charge in [0.15, 0.2) is 0 Å². The van der Waals surface area contributed by atoms with Crippen LogP contribution >= 0.6 is 11.6 Å². The number of carboxylic acids is 1. The van der Waals surface area contributed by atoms with Crippen molar-refractivity contribution in [1.82, 2.24) is 4.98 Å². The zero-order valence-corrected chi connectivity index (χ0v) is 7.70. The van der Waals surface area contributed by atoms with Gasteiger partial charge in [0.1, 0.15) is 0 Å². The van der Waals surface area contributed by atoms with Crippen LogP contribution in [-0.2, 0) is 11.2 Å². The Morgan fingerprint density at radius 3 is 2.50 bits per heavy atom. The Hall–Kier alpha value is -0.960. The highest BCUT2D eigenvalue weighted by Crippen LogP contribution is 2.23. The first-order valence-electron chi connectivity index (χ1n) is 3.57. The van der Waals surface area contributed by atoms with Crippen molar-refractivity contribution >= 4 is 17.6 Å². The van der Waals surface area contributed by atoms with Gasteiger partial charge in [0, 0.05) is 11.4 Å². The van der Waals surface area contributed by atoms with Crippen molar-refractivity contribution in [2.45, 2.75) is 20.3 Å². The summed E-state index contributed by atoms with van der Waals surface area (Å²) in [5.41, 5.74) is 2.34. The third kappa shape index (κ3) is 1.61. The van der Waals surface area contributed by atoms with Crippen LogP contribution in [0.2, 0.25) is 5.02 Å². The van der Waals surface area contributed by atoms with E-state index in [9.17, 15) is 4.79 Å². The van der Waals surface area contributed by atoms with Crippen molar-refractivity contribution in [3.63, 3.8) is 0 Å². The first-order chi connectivity index (χ1) is 5.52. The van der Waals surface area contributed by atoms with Gasteiger partial charge in [0.25, 0.3) is 0 Å². The monoisotopic (exact) mass is 187 g/mol. The van der Waals surface area contributed by atoms with E-state index in [1.165, 1.54) is 0 Å². The molecule has 0 aliphatic carbocycles. The van der Waals surface area contributed by atoms with E-state index in [1.54, 1.807) is 0 Å². The lowest BCUT2D eigenvalue weighted by Gasteiger charge is -1.93. The highest BCUT2D eigenvalue weighted by Gasteiger charge is 2.11. The maximum atomic E-state index is 10.4. The summed E-state index contributed by atoms with van der Waals surface area (Å²) in [6.45, 7) is 3.63. The highest BCUT2D eigenvalue weighted by atomic mass is 35.5. The molecule has 1 aromatic heterocycles. The number of halogens is 1. The van der Waals surface area contributed by atoms with Crippen LogP contribution in [0.25, 0.3) is 0 Å². The molecule has 0 aromatic carbocycles.